The van der Waals surface area contributed by atoms with Gasteiger partial charge in [-0.05, 0) is 51.3 Å². The first-order valence-corrected chi connectivity index (χ1v) is 7.16. The van der Waals surface area contributed by atoms with Crippen molar-refractivity contribution in [2.24, 2.45) is 0 Å². The van der Waals surface area contributed by atoms with E-state index in [4.69, 9.17) is 10.00 Å². The fourth-order valence-electron chi connectivity index (χ4n) is 2.31. The van der Waals surface area contributed by atoms with Crippen LogP contribution < -0.4 is 10.6 Å². The molecule has 1 saturated heterocycles. The summed E-state index contributed by atoms with van der Waals surface area (Å²) in [6.45, 7) is 5.29. The number of rotatable bonds is 1. The van der Waals surface area contributed by atoms with E-state index in [1.54, 1.807) is 32.9 Å². The second-order valence-corrected chi connectivity index (χ2v) is 6.28. The van der Waals surface area contributed by atoms with E-state index in [1.165, 1.54) is 0 Å². The molecular weight excluding hydrogens is 282 g/mol. The number of nitriles is 1. The maximum Gasteiger partial charge on any atom is 0.408 e. The molecule has 22 heavy (non-hydrogen) atoms. The summed E-state index contributed by atoms with van der Waals surface area (Å²) in [6.07, 6.45) is 3.85. The van der Waals surface area contributed by atoms with Crippen LogP contribution in [0.25, 0.3) is 0 Å². The third-order valence-corrected chi connectivity index (χ3v) is 3.28. The zero-order valence-corrected chi connectivity index (χ0v) is 12.9. The third-order valence-electron chi connectivity index (χ3n) is 3.28. The predicted octanol–water partition coefficient (Wildman–Crippen LogP) is 1.70. The van der Waals surface area contributed by atoms with Crippen LogP contribution in [-0.2, 0) is 9.53 Å². The number of nitrogens with one attached hydrogen (secondary N) is 2. The molecule has 0 spiro atoms. The fourth-order valence-corrected chi connectivity index (χ4v) is 2.31. The van der Waals surface area contributed by atoms with E-state index in [0.29, 0.717) is 18.4 Å². The first-order valence-electron chi connectivity index (χ1n) is 7.16. The number of amides is 2. The largest absolute Gasteiger partial charge is 0.444 e. The molecule has 6 heteroatoms. The zero-order chi connectivity index (χ0) is 16.3. The van der Waals surface area contributed by atoms with Crippen molar-refractivity contribution in [2.45, 2.75) is 51.3 Å². The Balaban J connectivity index is 2.05. The van der Waals surface area contributed by atoms with Gasteiger partial charge in [-0.15, -0.1) is 5.73 Å². The van der Waals surface area contributed by atoms with Crippen LogP contribution >= 0.6 is 0 Å². The standard InChI is InChI=1S/C16H19N3O3/c1-16(2,3)22-15(21)19-13-7-5-11-8-10(9-17)4-6-12(11)18-14(13)20/h6,8,12-13H,5,7H2,1-3H3,(H,18,20)(H,19,21)/t12-,13-/m0/s1. The highest BCUT2D eigenvalue weighted by atomic mass is 16.6. The summed E-state index contributed by atoms with van der Waals surface area (Å²) in [7, 11) is 0. The number of hydrogen-bond acceptors (Lipinski definition) is 4. The van der Waals surface area contributed by atoms with Crippen LogP contribution in [-0.4, -0.2) is 29.7 Å². The average molecular weight is 301 g/mol. The molecule has 0 aromatic carbocycles. The summed E-state index contributed by atoms with van der Waals surface area (Å²) in [5.74, 6) is -0.266. The molecule has 0 bridgehead atoms. The van der Waals surface area contributed by atoms with Gasteiger partial charge in [0.1, 0.15) is 17.7 Å². The number of nitrogens with zero attached hydrogens (tertiary/aromatic N) is 1. The number of allylic oxidation sites excluding steroid dienone is 1. The number of carbonyl (C=O) groups is 2. The molecule has 1 aliphatic carbocycles. The van der Waals surface area contributed by atoms with Crippen molar-refractivity contribution in [2.75, 3.05) is 0 Å². The first-order chi connectivity index (χ1) is 10.3. The Kier molecular flexibility index (Phi) is 4.39. The minimum Gasteiger partial charge on any atom is -0.444 e. The normalized spacial score (nSPS) is 24.0. The van der Waals surface area contributed by atoms with Crippen LogP contribution in [0.4, 0.5) is 4.79 Å². The quantitative estimate of drug-likeness (QED) is 0.721. The van der Waals surface area contributed by atoms with Gasteiger partial charge in [-0.3, -0.25) is 4.79 Å². The van der Waals surface area contributed by atoms with Gasteiger partial charge in [-0.1, -0.05) is 0 Å². The molecule has 116 valence electrons. The molecule has 0 aromatic heterocycles. The van der Waals surface area contributed by atoms with Crippen molar-refractivity contribution >= 4 is 12.0 Å². The number of ether oxygens (including phenoxy) is 1. The molecule has 2 N–H and O–H groups in total. The highest BCUT2D eigenvalue weighted by molar-refractivity contribution is 5.87. The second kappa shape index (κ2) is 6.08. The Morgan fingerprint density at radius 2 is 2.27 bits per heavy atom. The van der Waals surface area contributed by atoms with Gasteiger partial charge in [-0.25, -0.2) is 4.79 Å². The molecule has 1 fully saturated rings. The molecule has 2 rings (SSSR count). The van der Waals surface area contributed by atoms with E-state index in [-0.39, 0.29) is 11.9 Å². The Morgan fingerprint density at radius 3 is 2.91 bits per heavy atom. The van der Waals surface area contributed by atoms with Crippen molar-refractivity contribution in [1.29, 1.82) is 5.26 Å². The van der Waals surface area contributed by atoms with Crippen molar-refractivity contribution in [3.05, 3.63) is 29.0 Å². The molecule has 1 heterocycles. The fraction of sp³-hybridized carbons (Fsp3) is 0.500. The smallest absolute Gasteiger partial charge is 0.408 e. The SMILES string of the molecule is CC(C)(C)OC(=O)N[C@H]1CCC2=CC(C#N)=C=C[C@@H]2NC1=O. The van der Waals surface area contributed by atoms with Crippen molar-refractivity contribution in [1.82, 2.24) is 10.6 Å². The minimum atomic E-state index is -0.653. The van der Waals surface area contributed by atoms with E-state index in [9.17, 15) is 9.59 Å². The summed E-state index contributed by atoms with van der Waals surface area (Å²) in [4.78, 5) is 24.0. The van der Waals surface area contributed by atoms with E-state index < -0.39 is 17.7 Å². The molecule has 0 unspecified atom stereocenters. The van der Waals surface area contributed by atoms with Gasteiger partial charge in [0.05, 0.1) is 11.6 Å². The van der Waals surface area contributed by atoms with Crippen LogP contribution in [0.3, 0.4) is 0 Å². The molecule has 2 amide bonds. The lowest BCUT2D eigenvalue weighted by atomic mass is 9.96. The van der Waals surface area contributed by atoms with Gasteiger partial charge < -0.3 is 15.4 Å². The van der Waals surface area contributed by atoms with Crippen molar-refractivity contribution in [3.8, 4) is 6.07 Å². The Labute approximate surface area is 129 Å². The summed E-state index contributed by atoms with van der Waals surface area (Å²) in [6, 6.07) is 1.11. The minimum absolute atomic E-state index is 0.266. The van der Waals surface area contributed by atoms with Gasteiger partial charge >= 0.3 is 6.09 Å². The van der Waals surface area contributed by atoms with Gasteiger partial charge in [0, 0.05) is 0 Å². The van der Waals surface area contributed by atoms with E-state index in [0.717, 1.165) is 5.57 Å². The monoisotopic (exact) mass is 301 g/mol. The summed E-state index contributed by atoms with van der Waals surface area (Å²) in [5, 5.41) is 14.3. The summed E-state index contributed by atoms with van der Waals surface area (Å²) in [5.41, 5.74) is 3.60. The van der Waals surface area contributed by atoms with Crippen LogP contribution in [0, 0.1) is 11.3 Å². The maximum absolute atomic E-state index is 12.2. The first kappa shape index (κ1) is 15.9. The molecule has 0 saturated carbocycles. The van der Waals surface area contributed by atoms with E-state index >= 15 is 0 Å². The van der Waals surface area contributed by atoms with Crippen LogP contribution in [0.5, 0.6) is 0 Å². The number of fused-ring (bicyclic) bond motifs is 1. The summed E-state index contributed by atoms with van der Waals surface area (Å²) >= 11 is 0. The lowest BCUT2D eigenvalue weighted by molar-refractivity contribution is -0.123. The van der Waals surface area contributed by atoms with Gasteiger partial charge in [-0.2, -0.15) is 5.26 Å². The lowest BCUT2D eigenvalue weighted by Gasteiger charge is -2.22. The van der Waals surface area contributed by atoms with Crippen LogP contribution in [0.1, 0.15) is 33.6 Å². The average Bonchev–Trinajstić information content (AvgIpc) is 2.56. The number of carbonyl (C=O) groups excluding carboxylic acids is 2. The predicted molar refractivity (Wildman–Crippen MR) is 79.6 cm³/mol. The number of hydrogen-bond donors (Lipinski definition) is 2. The highest BCUT2D eigenvalue weighted by Crippen LogP contribution is 2.22. The zero-order valence-electron chi connectivity index (χ0n) is 12.9. The van der Waals surface area contributed by atoms with Crippen molar-refractivity contribution in [3.63, 3.8) is 0 Å². The summed E-state index contributed by atoms with van der Waals surface area (Å²) < 4.78 is 5.17. The molecular formula is C16H19N3O3. The maximum atomic E-state index is 12.2. The van der Waals surface area contributed by atoms with Crippen molar-refractivity contribution < 1.29 is 14.3 Å². The van der Waals surface area contributed by atoms with Crippen LogP contribution in [0.15, 0.2) is 29.0 Å². The topological polar surface area (TPSA) is 91.2 Å². The lowest BCUT2D eigenvalue weighted by Crippen LogP contribution is -2.48. The Bertz CT molecular complexity index is 628. The second-order valence-electron chi connectivity index (χ2n) is 6.28. The van der Waals surface area contributed by atoms with Gasteiger partial charge in [0.15, 0.2) is 0 Å². The van der Waals surface area contributed by atoms with Crippen LogP contribution in [0.2, 0.25) is 0 Å². The highest BCUT2D eigenvalue weighted by Gasteiger charge is 2.30. The van der Waals surface area contributed by atoms with Gasteiger partial charge in [0.2, 0.25) is 5.91 Å². The van der Waals surface area contributed by atoms with Gasteiger partial charge in [0.25, 0.3) is 0 Å². The number of alkyl carbamates (subject to hydrolysis) is 1. The molecule has 0 aromatic rings. The Morgan fingerprint density at radius 1 is 1.55 bits per heavy atom. The van der Waals surface area contributed by atoms with E-state index in [1.807, 2.05) is 6.07 Å². The Hall–Kier alpha value is -2.51. The molecule has 2 aliphatic rings. The molecule has 1 aliphatic heterocycles. The molecule has 0 radical (unpaired) electrons. The molecule has 6 nitrogen and oxygen atoms in total. The third kappa shape index (κ3) is 4.00. The van der Waals surface area contributed by atoms with E-state index in [2.05, 4.69) is 16.4 Å². The molecule has 2 atom stereocenters.